The maximum Gasteiger partial charge on any atom is 0.261 e. The van der Waals surface area contributed by atoms with Crippen LogP contribution in [-0.4, -0.2) is 10.1 Å². The summed E-state index contributed by atoms with van der Waals surface area (Å²) in [6, 6.07) is 13.4. The zero-order valence-corrected chi connectivity index (χ0v) is 12.2. The molecular weight excluding hydrogens is 326 g/mol. The minimum atomic E-state index is -0.0119. The zero-order chi connectivity index (χ0) is 13.2. The zero-order valence-electron chi connectivity index (χ0n) is 9.84. The molecule has 96 valence electrons. The van der Waals surface area contributed by atoms with Crippen LogP contribution in [0.5, 0.6) is 0 Å². The minimum absolute atomic E-state index is 0.0119. The van der Waals surface area contributed by atoms with E-state index in [0.29, 0.717) is 5.22 Å². The lowest BCUT2D eigenvalue weighted by atomic mass is 10.2. The van der Waals surface area contributed by atoms with Crippen molar-refractivity contribution >= 4 is 38.8 Å². The first-order valence-electron chi connectivity index (χ1n) is 5.69. The van der Waals surface area contributed by atoms with Gasteiger partial charge in [0.1, 0.15) is 5.52 Å². The van der Waals surface area contributed by atoms with Gasteiger partial charge in [-0.25, -0.2) is 4.98 Å². The van der Waals surface area contributed by atoms with Gasteiger partial charge in [-0.05, 0) is 47.7 Å². The van der Waals surface area contributed by atoms with E-state index in [-0.39, 0.29) is 6.61 Å². The van der Waals surface area contributed by atoms with Gasteiger partial charge in [0.15, 0.2) is 5.58 Å². The highest BCUT2D eigenvalue weighted by atomic mass is 79.9. The Kier molecular flexibility index (Phi) is 3.59. The van der Waals surface area contributed by atoms with Crippen LogP contribution in [0.2, 0.25) is 0 Å². The predicted octanol–water partition coefficient (Wildman–Crippen LogP) is 4.23. The first-order chi connectivity index (χ1) is 9.26. The summed E-state index contributed by atoms with van der Waals surface area (Å²) in [6.07, 6.45) is 0. The van der Waals surface area contributed by atoms with Crippen LogP contribution >= 0.6 is 27.7 Å². The van der Waals surface area contributed by atoms with Gasteiger partial charge in [0, 0.05) is 9.37 Å². The van der Waals surface area contributed by atoms with Crippen LogP contribution in [0.15, 0.2) is 61.5 Å². The van der Waals surface area contributed by atoms with Crippen molar-refractivity contribution in [1.29, 1.82) is 0 Å². The lowest BCUT2D eigenvalue weighted by Gasteiger charge is -2.04. The maximum atomic E-state index is 9.38. The topological polar surface area (TPSA) is 46.3 Å². The number of aliphatic hydroxyl groups is 1. The fraction of sp³-hybridized carbons (Fsp3) is 0.0714. The number of aromatic nitrogens is 1. The standard InChI is InChI=1S/C14H10BrNO2S/c15-10-5-6-13(9(7-10)8-17)19-14-16-11-3-1-2-4-12(11)18-14/h1-7,17H,8H2. The summed E-state index contributed by atoms with van der Waals surface area (Å²) in [5.74, 6) is 0. The predicted molar refractivity (Wildman–Crippen MR) is 78.2 cm³/mol. The molecule has 0 bridgehead atoms. The highest BCUT2D eigenvalue weighted by Gasteiger charge is 2.10. The number of fused-ring (bicyclic) bond motifs is 1. The molecule has 2 aromatic carbocycles. The molecular formula is C14H10BrNO2S. The van der Waals surface area contributed by atoms with E-state index in [1.54, 1.807) is 0 Å². The van der Waals surface area contributed by atoms with Gasteiger partial charge in [-0.15, -0.1) is 0 Å². The minimum Gasteiger partial charge on any atom is -0.431 e. The number of benzene rings is 2. The largest absolute Gasteiger partial charge is 0.431 e. The number of para-hydroxylation sites is 2. The van der Waals surface area contributed by atoms with Gasteiger partial charge in [-0.1, -0.05) is 28.1 Å². The summed E-state index contributed by atoms with van der Waals surface area (Å²) in [7, 11) is 0. The Morgan fingerprint density at radius 2 is 2.05 bits per heavy atom. The Balaban J connectivity index is 1.96. The summed E-state index contributed by atoms with van der Waals surface area (Å²) in [6.45, 7) is -0.0119. The lowest BCUT2D eigenvalue weighted by Crippen LogP contribution is -1.87. The van der Waals surface area contributed by atoms with E-state index >= 15 is 0 Å². The SMILES string of the molecule is OCc1cc(Br)ccc1Sc1nc2ccccc2o1. The third kappa shape index (κ3) is 2.68. The third-order valence-corrected chi connectivity index (χ3v) is 4.13. The van der Waals surface area contributed by atoms with Gasteiger partial charge in [-0.2, -0.15) is 0 Å². The van der Waals surface area contributed by atoms with Crippen LogP contribution in [0.4, 0.5) is 0 Å². The van der Waals surface area contributed by atoms with E-state index < -0.39 is 0 Å². The summed E-state index contributed by atoms with van der Waals surface area (Å²) >= 11 is 4.81. The second-order valence-electron chi connectivity index (χ2n) is 3.96. The average molecular weight is 336 g/mol. The van der Waals surface area contributed by atoms with E-state index in [4.69, 9.17) is 4.42 Å². The van der Waals surface area contributed by atoms with Gasteiger partial charge >= 0.3 is 0 Å². The Morgan fingerprint density at radius 3 is 2.84 bits per heavy atom. The number of rotatable bonds is 3. The summed E-state index contributed by atoms with van der Waals surface area (Å²) in [5, 5.41) is 9.96. The molecule has 0 fully saturated rings. The monoisotopic (exact) mass is 335 g/mol. The van der Waals surface area contributed by atoms with Crippen molar-refractivity contribution in [3.05, 3.63) is 52.5 Å². The molecule has 0 amide bonds. The number of hydrogen-bond acceptors (Lipinski definition) is 4. The molecule has 1 heterocycles. The quantitative estimate of drug-likeness (QED) is 0.777. The third-order valence-electron chi connectivity index (χ3n) is 2.66. The van der Waals surface area contributed by atoms with Crippen molar-refractivity contribution in [2.75, 3.05) is 0 Å². The molecule has 3 aromatic rings. The van der Waals surface area contributed by atoms with Gasteiger partial charge < -0.3 is 9.52 Å². The molecule has 19 heavy (non-hydrogen) atoms. The van der Waals surface area contributed by atoms with Gasteiger partial charge in [0.2, 0.25) is 0 Å². The van der Waals surface area contributed by atoms with Crippen LogP contribution in [0.25, 0.3) is 11.1 Å². The molecule has 3 nitrogen and oxygen atoms in total. The number of aliphatic hydroxyl groups excluding tert-OH is 1. The van der Waals surface area contributed by atoms with Crippen molar-refractivity contribution in [2.24, 2.45) is 0 Å². The van der Waals surface area contributed by atoms with E-state index in [0.717, 1.165) is 26.0 Å². The summed E-state index contributed by atoms with van der Waals surface area (Å²) in [5.41, 5.74) is 2.46. The highest BCUT2D eigenvalue weighted by Crippen LogP contribution is 2.33. The van der Waals surface area contributed by atoms with Gasteiger partial charge in [0.25, 0.3) is 5.22 Å². The Hall–Kier alpha value is -1.30. The number of nitrogens with zero attached hydrogens (tertiary/aromatic N) is 1. The average Bonchev–Trinajstić information content (AvgIpc) is 2.83. The first kappa shape index (κ1) is 12.7. The van der Waals surface area contributed by atoms with Gasteiger partial charge in [0.05, 0.1) is 6.61 Å². The van der Waals surface area contributed by atoms with Crippen LogP contribution < -0.4 is 0 Å². The molecule has 1 aromatic heterocycles. The first-order valence-corrected chi connectivity index (χ1v) is 7.30. The highest BCUT2D eigenvalue weighted by molar-refractivity contribution is 9.10. The fourth-order valence-corrected chi connectivity index (χ4v) is 3.02. The number of halogens is 1. The Bertz CT molecular complexity index is 693. The second kappa shape index (κ2) is 5.36. The fourth-order valence-electron chi connectivity index (χ4n) is 1.76. The van der Waals surface area contributed by atoms with Gasteiger partial charge in [-0.3, -0.25) is 0 Å². The second-order valence-corrected chi connectivity index (χ2v) is 5.87. The van der Waals surface area contributed by atoms with Crippen molar-refractivity contribution < 1.29 is 9.52 Å². The molecule has 0 spiro atoms. The summed E-state index contributed by atoms with van der Waals surface area (Å²) in [4.78, 5) is 5.35. The van der Waals surface area contributed by atoms with Crippen molar-refractivity contribution in [3.63, 3.8) is 0 Å². The molecule has 0 unspecified atom stereocenters. The van der Waals surface area contributed by atoms with Crippen LogP contribution in [0, 0.1) is 0 Å². The number of oxazole rings is 1. The van der Waals surface area contributed by atoms with Crippen LogP contribution in [-0.2, 0) is 6.61 Å². The normalized spacial score (nSPS) is 11.1. The molecule has 3 rings (SSSR count). The Morgan fingerprint density at radius 1 is 1.21 bits per heavy atom. The Labute approximate surface area is 122 Å². The smallest absolute Gasteiger partial charge is 0.261 e. The van der Waals surface area contributed by atoms with E-state index in [1.165, 1.54) is 11.8 Å². The summed E-state index contributed by atoms with van der Waals surface area (Å²) < 4.78 is 6.60. The number of hydrogen-bond donors (Lipinski definition) is 1. The molecule has 0 aliphatic rings. The molecule has 5 heteroatoms. The van der Waals surface area contributed by atoms with E-state index in [9.17, 15) is 5.11 Å². The van der Waals surface area contributed by atoms with Crippen molar-refractivity contribution in [2.45, 2.75) is 16.7 Å². The van der Waals surface area contributed by atoms with Crippen LogP contribution in [0.3, 0.4) is 0 Å². The maximum absolute atomic E-state index is 9.38. The lowest BCUT2D eigenvalue weighted by molar-refractivity contribution is 0.279. The molecule has 0 aliphatic heterocycles. The van der Waals surface area contributed by atoms with Crippen molar-refractivity contribution in [3.8, 4) is 0 Å². The molecule has 0 atom stereocenters. The molecule has 0 radical (unpaired) electrons. The van der Waals surface area contributed by atoms with Crippen molar-refractivity contribution in [1.82, 2.24) is 4.98 Å². The molecule has 0 saturated heterocycles. The van der Waals surface area contributed by atoms with E-state index in [2.05, 4.69) is 20.9 Å². The molecule has 0 saturated carbocycles. The van der Waals surface area contributed by atoms with E-state index in [1.807, 2.05) is 42.5 Å². The molecule has 0 aliphatic carbocycles. The van der Waals surface area contributed by atoms with Crippen LogP contribution in [0.1, 0.15) is 5.56 Å². The molecule has 1 N–H and O–H groups in total.